The van der Waals surface area contributed by atoms with Gasteiger partial charge in [-0.3, -0.25) is 4.99 Å². The number of alkyl halides is 3. The van der Waals surface area contributed by atoms with Crippen LogP contribution in [0, 0.1) is 6.92 Å². The Morgan fingerprint density at radius 1 is 1.12 bits per heavy atom. The zero-order valence-electron chi connectivity index (χ0n) is 14.4. The molecule has 0 amide bonds. The summed E-state index contributed by atoms with van der Waals surface area (Å²) in [5.41, 5.74) is 0.817. The van der Waals surface area contributed by atoms with Crippen molar-refractivity contribution < 1.29 is 17.9 Å². The maximum Gasteiger partial charge on any atom is 0.416 e. The molecule has 0 N–H and O–H groups in total. The third kappa shape index (κ3) is 4.50. The normalized spacial score (nSPS) is 13.4. The Balaban J connectivity index is 2.26. The lowest BCUT2D eigenvalue weighted by Crippen LogP contribution is -2.15. The molecule has 0 aliphatic heterocycles. The van der Waals surface area contributed by atoms with Gasteiger partial charge in [0.2, 0.25) is 0 Å². The predicted octanol–water partition coefficient (Wildman–Crippen LogP) is 5.83. The van der Waals surface area contributed by atoms with Crippen molar-refractivity contribution >= 4 is 11.7 Å². The quantitative estimate of drug-likeness (QED) is 0.387. The van der Waals surface area contributed by atoms with Crippen molar-refractivity contribution in [2.45, 2.75) is 25.9 Å². The van der Waals surface area contributed by atoms with E-state index in [1.807, 2.05) is 30.3 Å². The molecule has 2 nitrogen and oxygen atoms in total. The van der Waals surface area contributed by atoms with E-state index in [-0.39, 0.29) is 5.56 Å². The first kappa shape index (κ1) is 18.8. The second-order valence-electron chi connectivity index (χ2n) is 5.75. The highest BCUT2D eigenvalue weighted by Gasteiger charge is 2.33. The van der Waals surface area contributed by atoms with Crippen molar-refractivity contribution in [3.63, 3.8) is 0 Å². The maximum absolute atomic E-state index is 13.1. The number of nitrogens with zero attached hydrogens (tertiary/aromatic N) is 1. The molecule has 0 saturated carbocycles. The largest absolute Gasteiger partial charge is 0.443 e. The highest BCUT2D eigenvalue weighted by molar-refractivity contribution is 5.87. The predicted molar refractivity (Wildman–Crippen MR) is 94.5 cm³/mol. The zero-order chi connectivity index (χ0) is 18.6. The van der Waals surface area contributed by atoms with Crippen LogP contribution in [-0.4, -0.2) is 12.9 Å². The van der Waals surface area contributed by atoms with Crippen LogP contribution in [0.3, 0.4) is 0 Å². The number of hydrogen-bond acceptors (Lipinski definition) is 2. The Morgan fingerprint density at radius 2 is 1.76 bits per heavy atom. The fraction of sp³-hybridized carbons (Fsp3) is 0.250. The minimum absolute atomic E-state index is 0.188. The Labute approximate surface area is 145 Å². The van der Waals surface area contributed by atoms with E-state index in [1.54, 1.807) is 20.0 Å². The summed E-state index contributed by atoms with van der Waals surface area (Å²) < 4.78 is 45.1. The number of rotatable bonds is 4. The minimum Gasteiger partial charge on any atom is -0.443 e. The van der Waals surface area contributed by atoms with Crippen molar-refractivity contribution in [2.24, 2.45) is 4.99 Å². The molecule has 0 aliphatic carbocycles. The average Bonchev–Trinajstić information content (AvgIpc) is 2.59. The van der Waals surface area contributed by atoms with Crippen molar-refractivity contribution in [1.29, 1.82) is 0 Å². The first-order chi connectivity index (χ1) is 11.7. The Kier molecular flexibility index (Phi) is 5.67. The fourth-order valence-corrected chi connectivity index (χ4v) is 2.49. The molecule has 25 heavy (non-hydrogen) atoms. The van der Waals surface area contributed by atoms with Crippen LogP contribution >= 0.6 is 0 Å². The molecule has 0 saturated heterocycles. The zero-order valence-corrected chi connectivity index (χ0v) is 14.4. The van der Waals surface area contributed by atoms with E-state index in [2.05, 4.69) is 11.6 Å². The minimum atomic E-state index is -4.39. The van der Waals surface area contributed by atoms with E-state index in [1.165, 1.54) is 13.0 Å². The van der Waals surface area contributed by atoms with Crippen molar-refractivity contribution in [3.8, 4) is 0 Å². The van der Waals surface area contributed by atoms with Gasteiger partial charge < -0.3 is 4.74 Å². The lowest BCUT2D eigenvalue weighted by Gasteiger charge is -2.19. The Morgan fingerprint density at radius 3 is 2.32 bits per heavy atom. The van der Waals surface area contributed by atoms with Gasteiger partial charge in [0.1, 0.15) is 5.76 Å². The van der Waals surface area contributed by atoms with Crippen LogP contribution in [0.5, 0.6) is 0 Å². The molecular weight excluding hydrogens is 327 g/mol. The van der Waals surface area contributed by atoms with Crippen LogP contribution in [0.15, 0.2) is 60.1 Å². The summed E-state index contributed by atoms with van der Waals surface area (Å²) in [5.74, 6) is 0.272. The monoisotopic (exact) mass is 347 g/mol. The maximum atomic E-state index is 13.1. The van der Waals surface area contributed by atoms with E-state index >= 15 is 0 Å². The summed E-state index contributed by atoms with van der Waals surface area (Å²) in [6.07, 6.45) is -4.39. The van der Waals surface area contributed by atoms with E-state index in [4.69, 9.17) is 4.74 Å². The second-order valence-corrected chi connectivity index (χ2v) is 5.75. The molecule has 0 spiro atoms. The van der Waals surface area contributed by atoms with Gasteiger partial charge in [-0.05, 0) is 31.0 Å². The van der Waals surface area contributed by atoms with Crippen molar-refractivity contribution in [3.05, 3.63) is 77.4 Å². The molecule has 0 radical (unpaired) electrons. The van der Waals surface area contributed by atoms with Crippen LogP contribution in [0.4, 0.5) is 13.2 Å². The third-order valence-corrected chi connectivity index (χ3v) is 3.98. The van der Waals surface area contributed by atoms with Crippen LogP contribution in [0.25, 0.3) is 5.76 Å². The summed E-state index contributed by atoms with van der Waals surface area (Å²) in [6, 6.07) is 13.5. The van der Waals surface area contributed by atoms with Crippen LogP contribution in [0.2, 0.25) is 0 Å². The average molecular weight is 347 g/mol. The molecule has 0 fully saturated rings. The number of halogens is 3. The van der Waals surface area contributed by atoms with Gasteiger partial charge in [-0.15, -0.1) is 0 Å². The van der Waals surface area contributed by atoms with Gasteiger partial charge in [-0.25, -0.2) is 0 Å². The van der Waals surface area contributed by atoms with Crippen LogP contribution in [-0.2, 0) is 10.9 Å². The van der Waals surface area contributed by atoms with Crippen molar-refractivity contribution in [2.75, 3.05) is 7.05 Å². The first-order valence-corrected chi connectivity index (χ1v) is 7.80. The third-order valence-electron chi connectivity index (χ3n) is 3.98. The van der Waals surface area contributed by atoms with Crippen LogP contribution in [0.1, 0.15) is 35.1 Å². The molecular formula is C20H20F3NO. The number of benzene rings is 2. The fourth-order valence-electron chi connectivity index (χ4n) is 2.49. The van der Waals surface area contributed by atoms with Gasteiger partial charge >= 0.3 is 6.18 Å². The number of hydrogen-bond donors (Lipinski definition) is 0. The van der Waals surface area contributed by atoms with Gasteiger partial charge in [-0.2, -0.15) is 13.2 Å². The highest BCUT2D eigenvalue weighted by Crippen LogP contribution is 2.34. The number of ether oxygens (including phenoxy) is 1. The summed E-state index contributed by atoms with van der Waals surface area (Å²) in [4.78, 5) is 4.10. The molecule has 2 aromatic carbocycles. The van der Waals surface area contributed by atoms with E-state index in [0.717, 1.165) is 11.6 Å². The molecule has 0 heterocycles. The molecule has 5 heteroatoms. The lowest BCUT2D eigenvalue weighted by molar-refractivity contribution is -0.138. The van der Waals surface area contributed by atoms with E-state index in [0.29, 0.717) is 17.2 Å². The second kappa shape index (κ2) is 7.55. The van der Waals surface area contributed by atoms with Gasteiger partial charge in [0.15, 0.2) is 5.90 Å². The van der Waals surface area contributed by atoms with Gasteiger partial charge in [0, 0.05) is 12.6 Å². The van der Waals surface area contributed by atoms with Gasteiger partial charge in [-0.1, -0.05) is 49.0 Å². The summed E-state index contributed by atoms with van der Waals surface area (Å²) in [5, 5.41) is 0. The molecule has 132 valence electrons. The van der Waals surface area contributed by atoms with Crippen LogP contribution < -0.4 is 0 Å². The van der Waals surface area contributed by atoms with Gasteiger partial charge in [0.25, 0.3) is 0 Å². The molecule has 2 aromatic rings. The molecule has 0 aromatic heterocycles. The SMILES string of the molecule is C=C(OC(=NC)C(C)c1ccc(C)c(C(F)(F)F)c1)c1ccccc1. The number of aliphatic imine (C=N–C) groups is 1. The topological polar surface area (TPSA) is 21.6 Å². The molecule has 2 rings (SSSR count). The lowest BCUT2D eigenvalue weighted by atomic mass is 9.96. The van der Waals surface area contributed by atoms with E-state index in [9.17, 15) is 13.2 Å². The number of aryl methyl sites for hydroxylation is 1. The molecule has 0 bridgehead atoms. The Hall–Kier alpha value is -2.56. The molecule has 1 atom stereocenters. The summed E-state index contributed by atoms with van der Waals surface area (Å²) >= 11 is 0. The molecule has 1 unspecified atom stereocenters. The Bertz CT molecular complexity index is 779. The summed E-state index contributed by atoms with van der Waals surface area (Å²) in [6.45, 7) is 7.08. The van der Waals surface area contributed by atoms with Gasteiger partial charge in [0.05, 0.1) is 11.5 Å². The smallest absolute Gasteiger partial charge is 0.416 e. The summed E-state index contributed by atoms with van der Waals surface area (Å²) in [7, 11) is 1.54. The first-order valence-electron chi connectivity index (χ1n) is 7.80. The molecule has 0 aliphatic rings. The highest BCUT2D eigenvalue weighted by atomic mass is 19.4. The van der Waals surface area contributed by atoms with E-state index < -0.39 is 17.7 Å². The standard InChI is InChI=1S/C20H20F3NO/c1-13-10-11-17(12-18(13)20(21,22)23)14(2)19(24-4)25-15(3)16-8-6-5-7-9-16/h5-12,14H,3H2,1-2,4H3. The van der Waals surface area contributed by atoms with Crippen molar-refractivity contribution in [1.82, 2.24) is 0 Å².